The van der Waals surface area contributed by atoms with Crippen molar-refractivity contribution >= 4 is 43.3 Å². The second-order valence-corrected chi connectivity index (χ2v) is 13.6. The zero-order valence-corrected chi connectivity index (χ0v) is 27.2. The summed E-state index contributed by atoms with van der Waals surface area (Å²) in [4.78, 5) is 12.3. The van der Waals surface area contributed by atoms with Gasteiger partial charge in [-0.05, 0) is 55.5 Å². The molecule has 2 saturated heterocycles. The van der Waals surface area contributed by atoms with E-state index in [4.69, 9.17) is 29.3 Å². The molecule has 4 heterocycles. The largest absolute Gasteiger partial charge is 0.494 e. The Balaban J connectivity index is 1.39. The normalized spacial score (nSPS) is 17.3. The maximum Gasteiger partial charge on any atom is 0.232 e. The van der Waals surface area contributed by atoms with Crippen molar-refractivity contribution < 1.29 is 27.0 Å². The monoisotopic (exact) mass is 660 g/mol. The van der Waals surface area contributed by atoms with Crippen molar-refractivity contribution in [2.75, 3.05) is 55.4 Å². The van der Waals surface area contributed by atoms with Crippen LogP contribution >= 0.6 is 0 Å². The van der Waals surface area contributed by atoms with Gasteiger partial charge in [0.25, 0.3) is 0 Å². The third-order valence-corrected chi connectivity index (χ3v) is 10.1. The minimum atomic E-state index is -3.69. The van der Waals surface area contributed by atoms with Crippen molar-refractivity contribution in [2.24, 2.45) is 0 Å². The van der Waals surface area contributed by atoms with Gasteiger partial charge in [0.15, 0.2) is 17.9 Å². The van der Waals surface area contributed by atoms with E-state index in [9.17, 15) is 8.42 Å². The molecule has 11 nitrogen and oxygen atoms in total. The van der Waals surface area contributed by atoms with Crippen molar-refractivity contribution in [1.82, 2.24) is 19.7 Å². The van der Waals surface area contributed by atoms with E-state index in [1.165, 1.54) is 6.07 Å². The maximum absolute atomic E-state index is 15.9. The topological polar surface area (TPSA) is 121 Å². The number of anilines is 2. The highest BCUT2D eigenvalue weighted by atomic mass is 32.2. The molecule has 0 amide bonds. The molecule has 0 saturated carbocycles. The summed E-state index contributed by atoms with van der Waals surface area (Å²) in [6.45, 7) is 4.77. The van der Waals surface area contributed by atoms with E-state index < -0.39 is 15.8 Å². The molecular formula is C34H37FN6O5S. The fourth-order valence-electron chi connectivity index (χ4n) is 6.37. The first-order valence-corrected chi connectivity index (χ1v) is 17.6. The molecule has 2 aliphatic rings. The van der Waals surface area contributed by atoms with Crippen LogP contribution in [0, 0.1) is 5.82 Å². The number of nitrogens with zero attached hydrogens (tertiary/aromatic N) is 5. The minimum absolute atomic E-state index is 0.105. The van der Waals surface area contributed by atoms with Gasteiger partial charge in [-0.1, -0.05) is 31.2 Å². The summed E-state index contributed by atoms with van der Waals surface area (Å²) < 4.78 is 62.8. The van der Waals surface area contributed by atoms with Gasteiger partial charge in [-0.25, -0.2) is 27.5 Å². The molecule has 0 radical (unpaired) electrons. The summed E-state index contributed by atoms with van der Waals surface area (Å²) in [6.07, 6.45) is 5.19. The molecule has 246 valence electrons. The first-order chi connectivity index (χ1) is 22.9. The average Bonchev–Trinajstić information content (AvgIpc) is 3.53. The molecule has 1 N–H and O–H groups in total. The van der Waals surface area contributed by atoms with Crippen molar-refractivity contribution in [1.29, 1.82) is 0 Å². The number of methoxy groups -OCH3 is 1. The lowest BCUT2D eigenvalue weighted by molar-refractivity contribution is -0.0366. The first kappa shape index (κ1) is 31.3. The Morgan fingerprint density at radius 2 is 1.83 bits per heavy atom. The van der Waals surface area contributed by atoms with Crippen LogP contribution < -0.4 is 14.4 Å². The first-order valence-electron chi connectivity index (χ1n) is 16.0. The van der Waals surface area contributed by atoms with Crippen LogP contribution in [0.1, 0.15) is 38.8 Å². The number of ether oxygens (including phenoxy) is 3. The highest BCUT2D eigenvalue weighted by Gasteiger charge is 2.25. The second kappa shape index (κ2) is 13.1. The fraction of sp³-hybridized carbons (Fsp3) is 0.382. The Morgan fingerprint density at radius 1 is 1.02 bits per heavy atom. The summed E-state index contributed by atoms with van der Waals surface area (Å²) in [7, 11) is -2.14. The number of hydrogen-bond donors (Lipinski definition) is 1. The lowest BCUT2D eigenvalue weighted by Crippen LogP contribution is -2.37. The van der Waals surface area contributed by atoms with Crippen molar-refractivity contribution in [2.45, 2.75) is 38.8 Å². The second-order valence-electron chi connectivity index (χ2n) is 11.8. The molecule has 13 heteroatoms. The Morgan fingerprint density at radius 3 is 2.60 bits per heavy atom. The number of hydrogen-bond acceptors (Lipinski definition) is 9. The zero-order chi connectivity index (χ0) is 32.5. The van der Waals surface area contributed by atoms with Gasteiger partial charge in [-0.15, -0.1) is 0 Å². The summed E-state index contributed by atoms with van der Waals surface area (Å²) in [5.41, 5.74) is 2.96. The number of sulfonamides is 1. The van der Waals surface area contributed by atoms with E-state index in [1.54, 1.807) is 32.2 Å². The summed E-state index contributed by atoms with van der Waals surface area (Å²) in [5.74, 6) is 0.841. The van der Waals surface area contributed by atoms with Crippen LogP contribution in [0.15, 0.2) is 54.7 Å². The lowest BCUT2D eigenvalue weighted by Gasteiger charge is -2.29. The van der Waals surface area contributed by atoms with Gasteiger partial charge in [0.2, 0.25) is 10.0 Å². The van der Waals surface area contributed by atoms with E-state index in [2.05, 4.69) is 9.62 Å². The summed E-state index contributed by atoms with van der Waals surface area (Å²) in [6, 6.07) is 14.2. The summed E-state index contributed by atoms with van der Waals surface area (Å²) in [5, 5.41) is 6.30. The highest BCUT2D eigenvalue weighted by molar-refractivity contribution is 7.92. The molecule has 5 aromatic rings. The fourth-order valence-corrected chi connectivity index (χ4v) is 7.50. The predicted octanol–water partition coefficient (Wildman–Crippen LogP) is 6.15. The van der Waals surface area contributed by atoms with E-state index in [1.807, 2.05) is 35.1 Å². The molecule has 0 spiro atoms. The van der Waals surface area contributed by atoms with Gasteiger partial charge in [0.1, 0.15) is 17.1 Å². The summed E-state index contributed by atoms with van der Waals surface area (Å²) >= 11 is 0. The number of halogens is 1. The van der Waals surface area contributed by atoms with E-state index in [-0.39, 0.29) is 23.2 Å². The number of benzene rings is 3. The van der Waals surface area contributed by atoms with Crippen LogP contribution in [-0.4, -0.2) is 73.9 Å². The van der Waals surface area contributed by atoms with Gasteiger partial charge in [0, 0.05) is 41.6 Å². The molecule has 1 atom stereocenters. The standard InChI is InChI=1S/C34H37FN6O5S/c1-3-18-47(42,43)39-27-10-6-8-23(31(27)35)22-19-25-32(29(20-22)44-2)37-33(38-34(25)40-13-16-45-17-14-40)24-9-7-11-28-26(24)21-36-41(28)30-12-4-5-15-46-30/h6-11,19-21,30,39H,3-5,12-18H2,1-2H3. The number of fused-ring (bicyclic) bond motifs is 2. The number of aromatic nitrogens is 4. The van der Waals surface area contributed by atoms with Crippen molar-refractivity contribution in [3.63, 3.8) is 0 Å². The number of nitrogens with one attached hydrogen (secondary N) is 1. The van der Waals surface area contributed by atoms with Gasteiger partial charge in [0.05, 0.1) is 43.5 Å². The average molecular weight is 661 g/mol. The minimum Gasteiger partial charge on any atom is -0.494 e. The maximum atomic E-state index is 15.9. The molecule has 7 rings (SSSR count). The third kappa shape index (κ3) is 6.10. The third-order valence-electron chi connectivity index (χ3n) is 8.63. The molecule has 3 aromatic carbocycles. The quantitative estimate of drug-likeness (QED) is 0.199. The van der Waals surface area contributed by atoms with Crippen LogP contribution in [0.3, 0.4) is 0 Å². The molecule has 0 aliphatic carbocycles. The Labute approximate surface area is 272 Å². The number of morpholine rings is 1. The Bertz CT molecular complexity index is 2040. The van der Waals surface area contributed by atoms with E-state index in [0.29, 0.717) is 73.2 Å². The molecule has 1 unspecified atom stereocenters. The number of rotatable bonds is 9. The predicted molar refractivity (Wildman–Crippen MR) is 180 cm³/mol. The van der Waals surface area contributed by atoms with Crippen LogP contribution in [0.2, 0.25) is 0 Å². The Hall–Kier alpha value is -4.33. The van der Waals surface area contributed by atoms with Crippen LogP contribution in [0.5, 0.6) is 5.75 Å². The van der Waals surface area contributed by atoms with E-state index in [0.717, 1.165) is 35.7 Å². The lowest BCUT2D eigenvalue weighted by atomic mass is 10.0. The van der Waals surface area contributed by atoms with Gasteiger partial charge in [-0.2, -0.15) is 5.10 Å². The SMILES string of the molecule is CCCS(=O)(=O)Nc1cccc(-c2cc(OC)c3nc(-c4cccc5c4cnn5C4CCCCO4)nc(N4CCOCC4)c3c2)c1F. The molecule has 47 heavy (non-hydrogen) atoms. The molecule has 0 bridgehead atoms. The van der Waals surface area contributed by atoms with Crippen LogP contribution in [-0.2, 0) is 19.5 Å². The van der Waals surface area contributed by atoms with Gasteiger partial charge in [-0.3, -0.25) is 4.72 Å². The highest BCUT2D eigenvalue weighted by Crippen LogP contribution is 2.40. The van der Waals surface area contributed by atoms with Gasteiger partial charge < -0.3 is 19.1 Å². The smallest absolute Gasteiger partial charge is 0.232 e. The zero-order valence-electron chi connectivity index (χ0n) is 26.4. The van der Waals surface area contributed by atoms with Gasteiger partial charge >= 0.3 is 0 Å². The van der Waals surface area contributed by atoms with Crippen LogP contribution in [0.25, 0.3) is 44.3 Å². The van der Waals surface area contributed by atoms with Crippen molar-refractivity contribution in [3.8, 4) is 28.3 Å². The molecule has 2 fully saturated rings. The van der Waals surface area contributed by atoms with Crippen LogP contribution in [0.4, 0.5) is 15.9 Å². The molecular weight excluding hydrogens is 623 g/mol. The Kier molecular flexibility index (Phi) is 8.69. The molecule has 2 aromatic heterocycles. The molecule has 2 aliphatic heterocycles. The van der Waals surface area contributed by atoms with E-state index >= 15 is 4.39 Å². The van der Waals surface area contributed by atoms with Crippen molar-refractivity contribution in [3.05, 3.63) is 60.5 Å².